The van der Waals surface area contributed by atoms with Crippen LogP contribution in [0.2, 0.25) is 0 Å². The topological polar surface area (TPSA) is 84.4 Å². The van der Waals surface area contributed by atoms with Crippen LogP contribution in [0.1, 0.15) is 17.3 Å². The summed E-state index contributed by atoms with van der Waals surface area (Å²) in [6, 6.07) is 3.12. The predicted octanol–water partition coefficient (Wildman–Crippen LogP) is 0.889. The smallest absolute Gasteiger partial charge is 0.164 e. The molecule has 1 heterocycles. The first-order valence-corrected chi connectivity index (χ1v) is 6.02. The van der Waals surface area contributed by atoms with Crippen LogP contribution in [0.3, 0.4) is 0 Å². The van der Waals surface area contributed by atoms with Gasteiger partial charge < -0.3 is 19.9 Å². The Bertz CT molecular complexity index is 597. The zero-order valence-corrected chi connectivity index (χ0v) is 12.0. The normalized spacial score (nSPS) is 12.1. The van der Waals surface area contributed by atoms with E-state index in [1.165, 1.54) is 0 Å². The standard InChI is InChI=1S/C13H18N4O3/c1-17-9(7-15-16-17)13(14)8-5-11(19-3)12(20-4)6-10(8)18-2/h5-7,13H,14H2,1-4H3. The van der Waals surface area contributed by atoms with Crippen LogP contribution in [-0.2, 0) is 7.05 Å². The molecule has 0 aliphatic heterocycles. The highest BCUT2D eigenvalue weighted by atomic mass is 16.5. The summed E-state index contributed by atoms with van der Waals surface area (Å²) in [5.74, 6) is 1.80. The van der Waals surface area contributed by atoms with Crippen LogP contribution < -0.4 is 19.9 Å². The van der Waals surface area contributed by atoms with Crippen molar-refractivity contribution < 1.29 is 14.2 Å². The van der Waals surface area contributed by atoms with Crippen LogP contribution in [-0.4, -0.2) is 36.3 Å². The molecule has 108 valence electrons. The second-order valence-corrected chi connectivity index (χ2v) is 4.21. The molecule has 20 heavy (non-hydrogen) atoms. The maximum Gasteiger partial charge on any atom is 0.164 e. The molecule has 0 radical (unpaired) electrons. The Morgan fingerprint density at radius 3 is 2.15 bits per heavy atom. The second-order valence-electron chi connectivity index (χ2n) is 4.21. The summed E-state index contributed by atoms with van der Waals surface area (Å²) in [5.41, 5.74) is 7.82. The first kappa shape index (κ1) is 14.1. The zero-order valence-electron chi connectivity index (χ0n) is 12.0. The van der Waals surface area contributed by atoms with Crippen molar-refractivity contribution in [2.75, 3.05) is 21.3 Å². The van der Waals surface area contributed by atoms with E-state index < -0.39 is 6.04 Å². The largest absolute Gasteiger partial charge is 0.496 e. The maximum atomic E-state index is 6.28. The Kier molecular flexibility index (Phi) is 4.09. The van der Waals surface area contributed by atoms with Gasteiger partial charge in [-0.2, -0.15) is 0 Å². The lowest BCUT2D eigenvalue weighted by Gasteiger charge is -2.18. The number of benzene rings is 1. The summed E-state index contributed by atoms with van der Waals surface area (Å²) in [4.78, 5) is 0. The Labute approximate surface area is 117 Å². The zero-order chi connectivity index (χ0) is 14.7. The first-order valence-electron chi connectivity index (χ1n) is 6.02. The van der Waals surface area contributed by atoms with Gasteiger partial charge in [-0.05, 0) is 6.07 Å². The molecule has 1 aromatic carbocycles. The minimum atomic E-state index is -0.426. The number of rotatable bonds is 5. The van der Waals surface area contributed by atoms with Gasteiger partial charge in [0.05, 0.1) is 39.3 Å². The minimum absolute atomic E-state index is 0.426. The fraction of sp³-hybridized carbons (Fsp3) is 0.385. The molecule has 0 amide bonds. The van der Waals surface area contributed by atoms with E-state index in [1.54, 1.807) is 51.4 Å². The van der Waals surface area contributed by atoms with Crippen molar-refractivity contribution in [1.29, 1.82) is 0 Å². The van der Waals surface area contributed by atoms with E-state index in [1.807, 2.05) is 0 Å². The maximum absolute atomic E-state index is 6.28. The lowest BCUT2D eigenvalue weighted by molar-refractivity contribution is 0.347. The Hall–Kier alpha value is -2.28. The molecule has 2 N–H and O–H groups in total. The average Bonchev–Trinajstić information content (AvgIpc) is 2.91. The van der Waals surface area contributed by atoms with Gasteiger partial charge in [0.2, 0.25) is 0 Å². The van der Waals surface area contributed by atoms with E-state index in [0.29, 0.717) is 17.2 Å². The minimum Gasteiger partial charge on any atom is -0.496 e. The van der Waals surface area contributed by atoms with Crippen LogP contribution >= 0.6 is 0 Å². The van der Waals surface area contributed by atoms with Gasteiger partial charge in [0.15, 0.2) is 11.5 Å². The molecule has 0 aliphatic carbocycles. The Balaban J connectivity index is 2.52. The van der Waals surface area contributed by atoms with Crippen molar-refractivity contribution in [3.05, 3.63) is 29.6 Å². The summed E-state index contributed by atoms with van der Waals surface area (Å²) in [6.45, 7) is 0. The van der Waals surface area contributed by atoms with Crippen LogP contribution in [0.25, 0.3) is 0 Å². The van der Waals surface area contributed by atoms with Gasteiger partial charge in [-0.3, -0.25) is 4.68 Å². The number of nitrogens with two attached hydrogens (primary N) is 1. The first-order chi connectivity index (χ1) is 9.62. The number of ether oxygens (including phenoxy) is 3. The van der Waals surface area contributed by atoms with Gasteiger partial charge in [-0.1, -0.05) is 5.21 Å². The number of methoxy groups -OCH3 is 3. The third-order valence-electron chi connectivity index (χ3n) is 3.14. The molecule has 0 aliphatic rings. The van der Waals surface area contributed by atoms with Crippen molar-refractivity contribution in [2.24, 2.45) is 12.8 Å². The van der Waals surface area contributed by atoms with Gasteiger partial charge in [0, 0.05) is 18.7 Å². The fourth-order valence-electron chi connectivity index (χ4n) is 2.03. The van der Waals surface area contributed by atoms with E-state index in [2.05, 4.69) is 10.3 Å². The molecule has 0 spiro atoms. The number of aryl methyl sites for hydroxylation is 1. The van der Waals surface area contributed by atoms with E-state index >= 15 is 0 Å². The lowest BCUT2D eigenvalue weighted by Crippen LogP contribution is -2.17. The summed E-state index contributed by atoms with van der Waals surface area (Å²) in [7, 11) is 6.52. The molecule has 2 aromatic rings. The number of hydrogen-bond acceptors (Lipinski definition) is 6. The fourth-order valence-corrected chi connectivity index (χ4v) is 2.03. The lowest BCUT2D eigenvalue weighted by atomic mass is 10.0. The van der Waals surface area contributed by atoms with E-state index in [0.717, 1.165) is 11.3 Å². The molecule has 2 rings (SSSR count). The summed E-state index contributed by atoms with van der Waals surface area (Å²) < 4.78 is 17.6. The average molecular weight is 278 g/mol. The molecule has 0 saturated heterocycles. The van der Waals surface area contributed by atoms with Gasteiger partial charge in [-0.25, -0.2) is 0 Å². The van der Waals surface area contributed by atoms with Gasteiger partial charge in [-0.15, -0.1) is 5.10 Å². The molecular formula is C13H18N4O3. The van der Waals surface area contributed by atoms with E-state index in [-0.39, 0.29) is 0 Å². The Morgan fingerprint density at radius 2 is 1.65 bits per heavy atom. The highest BCUT2D eigenvalue weighted by Crippen LogP contribution is 2.38. The van der Waals surface area contributed by atoms with Crippen LogP contribution in [0.5, 0.6) is 17.2 Å². The highest BCUT2D eigenvalue weighted by Gasteiger charge is 2.21. The number of nitrogens with zero attached hydrogens (tertiary/aromatic N) is 3. The molecule has 7 nitrogen and oxygen atoms in total. The molecule has 0 fully saturated rings. The monoisotopic (exact) mass is 278 g/mol. The number of aromatic nitrogens is 3. The summed E-state index contributed by atoms with van der Waals surface area (Å²) in [5, 5.41) is 7.72. The van der Waals surface area contributed by atoms with Gasteiger partial charge in [0.1, 0.15) is 5.75 Å². The highest BCUT2D eigenvalue weighted by molar-refractivity contribution is 5.53. The van der Waals surface area contributed by atoms with Crippen molar-refractivity contribution >= 4 is 0 Å². The third-order valence-corrected chi connectivity index (χ3v) is 3.14. The van der Waals surface area contributed by atoms with E-state index in [9.17, 15) is 0 Å². The molecule has 1 aromatic heterocycles. The van der Waals surface area contributed by atoms with Crippen LogP contribution in [0.15, 0.2) is 18.3 Å². The van der Waals surface area contributed by atoms with Gasteiger partial charge in [0.25, 0.3) is 0 Å². The molecule has 0 bridgehead atoms. The Morgan fingerprint density at radius 1 is 1.05 bits per heavy atom. The van der Waals surface area contributed by atoms with Crippen molar-refractivity contribution in [1.82, 2.24) is 15.0 Å². The summed E-state index contributed by atoms with van der Waals surface area (Å²) >= 11 is 0. The molecular weight excluding hydrogens is 260 g/mol. The molecule has 1 unspecified atom stereocenters. The van der Waals surface area contributed by atoms with Crippen molar-refractivity contribution in [3.63, 3.8) is 0 Å². The van der Waals surface area contributed by atoms with Crippen LogP contribution in [0.4, 0.5) is 0 Å². The third kappa shape index (κ3) is 2.39. The molecule has 1 atom stereocenters. The quantitative estimate of drug-likeness (QED) is 0.874. The second kappa shape index (κ2) is 5.79. The predicted molar refractivity (Wildman–Crippen MR) is 73.1 cm³/mol. The molecule has 7 heteroatoms. The van der Waals surface area contributed by atoms with Crippen molar-refractivity contribution in [2.45, 2.75) is 6.04 Å². The van der Waals surface area contributed by atoms with Crippen LogP contribution in [0, 0.1) is 0 Å². The SMILES string of the molecule is COc1cc(OC)c(C(N)c2cnnn2C)cc1OC. The molecule has 0 saturated carbocycles. The van der Waals surface area contributed by atoms with Crippen molar-refractivity contribution in [3.8, 4) is 17.2 Å². The van der Waals surface area contributed by atoms with E-state index in [4.69, 9.17) is 19.9 Å². The van der Waals surface area contributed by atoms with Gasteiger partial charge >= 0.3 is 0 Å². The summed E-state index contributed by atoms with van der Waals surface area (Å²) in [6.07, 6.45) is 1.63. The number of hydrogen-bond donors (Lipinski definition) is 1.